The molecule has 5 heteroatoms. The van der Waals surface area contributed by atoms with Gasteiger partial charge in [-0.05, 0) is 65.2 Å². The van der Waals surface area contributed by atoms with Crippen LogP contribution in [0.3, 0.4) is 0 Å². The predicted molar refractivity (Wildman–Crippen MR) is 87.0 cm³/mol. The van der Waals surface area contributed by atoms with Crippen molar-refractivity contribution >= 4 is 11.8 Å². The number of fused-ring (bicyclic) bond motifs is 2. The molecule has 5 nitrogen and oxygen atoms in total. The molecular weight excluding hydrogens is 278 g/mol. The van der Waals surface area contributed by atoms with E-state index in [0.717, 1.165) is 25.7 Å². The molecule has 0 aliphatic heterocycles. The minimum atomic E-state index is -0.498. The molecule has 2 bridgehead atoms. The van der Waals surface area contributed by atoms with Gasteiger partial charge in [0.05, 0.1) is 0 Å². The molecule has 0 aromatic carbocycles. The van der Waals surface area contributed by atoms with Crippen LogP contribution in [0.1, 0.15) is 59.8 Å². The molecule has 2 amide bonds. The normalized spacial score (nSPS) is 33.0. The molecule has 0 saturated heterocycles. The molecule has 0 radical (unpaired) electrons. The lowest BCUT2D eigenvalue weighted by Crippen LogP contribution is -2.54. The van der Waals surface area contributed by atoms with Crippen molar-refractivity contribution < 1.29 is 9.59 Å². The monoisotopic (exact) mass is 309 g/mol. The second kappa shape index (κ2) is 6.57. The number of hydrogen-bond donors (Lipinski definition) is 3. The van der Waals surface area contributed by atoms with Crippen molar-refractivity contribution in [1.82, 2.24) is 10.6 Å². The first kappa shape index (κ1) is 17.3. The van der Waals surface area contributed by atoms with Gasteiger partial charge in [0, 0.05) is 17.5 Å². The Kier molecular flexibility index (Phi) is 5.15. The van der Waals surface area contributed by atoms with E-state index in [2.05, 4.69) is 10.6 Å². The summed E-state index contributed by atoms with van der Waals surface area (Å²) in [7, 11) is 0. The van der Waals surface area contributed by atoms with Gasteiger partial charge in [-0.15, -0.1) is 0 Å². The topological polar surface area (TPSA) is 84.2 Å². The number of carbonyl (C=O) groups is 2. The second-order valence-electron chi connectivity index (χ2n) is 8.17. The highest BCUT2D eigenvalue weighted by atomic mass is 16.2. The maximum Gasteiger partial charge on any atom is 0.242 e. The van der Waals surface area contributed by atoms with Crippen molar-refractivity contribution in [1.29, 1.82) is 0 Å². The fraction of sp³-hybridized carbons (Fsp3) is 0.882. The van der Waals surface area contributed by atoms with Crippen molar-refractivity contribution in [2.75, 3.05) is 0 Å². The summed E-state index contributed by atoms with van der Waals surface area (Å²) in [4.78, 5) is 24.6. The van der Waals surface area contributed by atoms with Gasteiger partial charge in [0.2, 0.25) is 11.8 Å². The van der Waals surface area contributed by atoms with Crippen LogP contribution < -0.4 is 16.4 Å². The van der Waals surface area contributed by atoms with Gasteiger partial charge in [-0.2, -0.15) is 0 Å². The van der Waals surface area contributed by atoms with Crippen molar-refractivity contribution in [2.45, 2.75) is 77.4 Å². The van der Waals surface area contributed by atoms with Gasteiger partial charge >= 0.3 is 0 Å². The van der Waals surface area contributed by atoms with Crippen LogP contribution >= 0.6 is 0 Å². The quantitative estimate of drug-likeness (QED) is 0.739. The van der Waals surface area contributed by atoms with E-state index >= 15 is 0 Å². The Hall–Kier alpha value is -1.10. The smallest absolute Gasteiger partial charge is 0.242 e. The minimum absolute atomic E-state index is 0.0139. The van der Waals surface area contributed by atoms with Crippen LogP contribution in [-0.2, 0) is 9.59 Å². The fourth-order valence-corrected chi connectivity index (χ4v) is 3.88. The molecule has 3 atom stereocenters. The third kappa shape index (κ3) is 4.22. The zero-order valence-electron chi connectivity index (χ0n) is 14.3. The van der Waals surface area contributed by atoms with Gasteiger partial charge in [-0.1, -0.05) is 6.42 Å². The molecule has 0 aromatic heterocycles. The summed E-state index contributed by atoms with van der Waals surface area (Å²) in [5.41, 5.74) is 5.98. The Labute approximate surface area is 133 Å². The second-order valence-corrected chi connectivity index (χ2v) is 8.17. The molecule has 2 aliphatic carbocycles. The highest BCUT2D eigenvalue weighted by Crippen LogP contribution is 2.41. The Morgan fingerprint density at radius 1 is 1.14 bits per heavy atom. The number of hydrogen-bond acceptors (Lipinski definition) is 3. The van der Waals surface area contributed by atoms with Crippen LogP contribution in [0.5, 0.6) is 0 Å². The predicted octanol–water partition coefficient (Wildman–Crippen LogP) is 1.56. The van der Waals surface area contributed by atoms with E-state index in [1.54, 1.807) is 6.92 Å². The lowest BCUT2D eigenvalue weighted by atomic mass is 9.65. The summed E-state index contributed by atoms with van der Waals surface area (Å²) in [6, 6.07) is -0.235. The molecule has 2 aliphatic rings. The van der Waals surface area contributed by atoms with Gasteiger partial charge in [0.1, 0.15) is 6.04 Å². The number of nitrogens with two attached hydrogens (primary N) is 1. The number of rotatable bonds is 3. The first-order valence-electron chi connectivity index (χ1n) is 8.55. The van der Waals surface area contributed by atoms with Gasteiger partial charge < -0.3 is 16.4 Å². The zero-order chi connectivity index (χ0) is 16.5. The summed E-state index contributed by atoms with van der Waals surface area (Å²) < 4.78 is 0. The molecule has 0 spiro atoms. The van der Waals surface area contributed by atoms with Gasteiger partial charge in [0.25, 0.3) is 0 Å². The number of nitrogens with one attached hydrogen (secondary N) is 2. The summed E-state index contributed by atoms with van der Waals surface area (Å²) in [6.45, 7) is 7.55. The van der Waals surface area contributed by atoms with E-state index < -0.39 is 6.04 Å². The standard InChI is InChI=1S/C17H31N3O2/c1-10(15(21)20-17(2,3)4)19-16(22)13-8-11-6-5-7-12(9-13)14(11)18/h10-14H,5-9,18H2,1-4H3,(H,19,22)(H,20,21). The molecule has 0 aromatic rings. The maximum absolute atomic E-state index is 12.5. The molecule has 2 rings (SSSR count). The van der Waals surface area contributed by atoms with E-state index in [4.69, 9.17) is 5.73 Å². The Morgan fingerprint density at radius 3 is 2.18 bits per heavy atom. The van der Waals surface area contributed by atoms with Crippen LogP contribution in [-0.4, -0.2) is 29.4 Å². The minimum Gasteiger partial charge on any atom is -0.350 e. The molecule has 22 heavy (non-hydrogen) atoms. The van der Waals surface area contributed by atoms with E-state index in [1.807, 2.05) is 20.8 Å². The molecular formula is C17H31N3O2. The van der Waals surface area contributed by atoms with E-state index in [0.29, 0.717) is 11.8 Å². The highest BCUT2D eigenvalue weighted by molar-refractivity contribution is 5.88. The van der Waals surface area contributed by atoms with Crippen LogP contribution in [0.15, 0.2) is 0 Å². The van der Waals surface area contributed by atoms with Crippen molar-refractivity contribution in [3.63, 3.8) is 0 Å². The van der Waals surface area contributed by atoms with Crippen LogP contribution in [0.4, 0.5) is 0 Å². The van der Waals surface area contributed by atoms with E-state index in [-0.39, 0.29) is 29.3 Å². The van der Waals surface area contributed by atoms with E-state index in [1.165, 1.54) is 6.42 Å². The molecule has 3 unspecified atom stereocenters. The lowest BCUT2D eigenvalue weighted by Gasteiger charge is -2.43. The first-order chi connectivity index (χ1) is 10.2. The Balaban J connectivity index is 1.88. The van der Waals surface area contributed by atoms with Gasteiger partial charge in [-0.3, -0.25) is 9.59 Å². The largest absolute Gasteiger partial charge is 0.350 e. The molecule has 4 N–H and O–H groups in total. The maximum atomic E-state index is 12.5. The van der Waals surface area contributed by atoms with Crippen molar-refractivity contribution in [3.05, 3.63) is 0 Å². The zero-order valence-corrected chi connectivity index (χ0v) is 14.3. The summed E-state index contributed by atoms with van der Waals surface area (Å²) in [6.07, 6.45) is 5.26. The number of carbonyl (C=O) groups excluding carboxylic acids is 2. The fourth-order valence-electron chi connectivity index (χ4n) is 3.88. The van der Waals surface area contributed by atoms with Crippen LogP contribution in [0, 0.1) is 17.8 Å². The van der Waals surface area contributed by atoms with E-state index in [9.17, 15) is 9.59 Å². The Bertz CT molecular complexity index is 416. The molecule has 126 valence electrons. The molecule has 0 heterocycles. The number of amides is 2. The molecule has 2 saturated carbocycles. The third-order valence-electron chi connectivity index (χ3n) is 5.03. The van der Waals surface area contributed by atoms with Crippen molar-refractivity contribution in [2.24, 2.45) is 23.5 Å². The summed E-state index contributed by atoms with van der Waals surface area (Å²) >= 11 is 0. The average molecular weight is 309 g/mol. The summed E-state index contributed by atoms with van der Waals surface area (Å²) in [5.74, 6) is 0.845. The van der Waals surface area contributed by atoms with Crippen molar-refractivity contribution in [3.8, 4) is 0 Å². The third-order valence-corrected chi connectivity index (χ3v) is 5.03. The van der Waals surface area contributed by atoms with Gasteiger partial charge in [0.15, 0.2) is 0 Å². The van der Waals surface area contributed by atoms with Crippen LogP contribution in [0.2, 0.25) is 0 Å². The summed E-state index contributed by atoms with van der Waals surface area (Å²) in [5, 5.41) is 5.78. The SMILES string of the molecule is CC(NC(=O)C1CC2CCCC(C1)C2N)C(=O)NC(C)(C)C. The lowest BCUT2D eigenvalue weighted by molar-refractivity contribution is -0.133. The first-order valence-corrected chi connectivity index (χ1v) is 8.55. The van der Waals surface area contributed by atoms with Crippen LogP contribution in [0.25, 0.3) is 0 Å². The molecule has 2 fully saturated rings. The van der Waals surface area contributed by atoms with Gasteiger partial charge in [-0.25, -0.2) is 0 Å². The average Bonchev–Trinajstić information content (AvgIpc) is 2.35. The highest BCUT2D eigenvalue weighted by Gasteiger charge is 2.40. The Morgan fingerprint density at radius 2 is 1.68 bits per heavy atom.